The highest BCUT2D eigenvalue weighted by molar-refractivity contribution is 8.00. The Labute approximate surface area is 162 Å². The minimum atomic E-state index is -0.834. The number of amides is 1. The van der Waals surface area contributed by atoms with Gasteiger partial charge < -0.3 is 10.1 Å². The van der Waals surface area contributed by atoms with Crippen molar-refractivity contribution in [2.45, 2.75) is 65.1 Å². The summed E-state index contributed by atoms with van der Waals surface area (Å²) >= 11 is 2.94. The molecule has 0 aromatic carbocycles. The van der Waals surface area contributed by atoms with Crippen LogP contribution in [0.5, 0.6) is 0 Å². The predicted molar refractivity (Wildman–Crippen MR) is 106 cm³/mol. The first kappa shape index (κ1) is 20.6. The summed E-state index contributed by atoms with van der Waals surface area (Å²) in [6.45, 7) is 13.1. The molecule has 2 aromatic heterocycles. The third kappa shape index (κ3) is 5.17. The summed E-state index contributed by atoms with van der Waals surface area (Å²) in [6, 6.07) is 0. The number of hydrogen-bond donors (Lipinski definition) is 1. The van der Waals surface area contributed by atoms with Crippen LogP contribution in [-0.4, -0.2) is 39.2 Å². The van der Waals surface area contributed by atoms with Gasteiger partial charge in [-0.1, -0.05) is 11.8 Å². The molecule has 0 spiro atoms. The number of hydrogen-bond acceptors (Lipinski definition) is 7. The summed E-state index contributed by atoms with van der Waals surface area (Å²) in [7, 11) is 0. The van der Waals surface area contributed by atoms with Crippen molar-refractivity contribution in [1.29, 1.82) is 0 Å². The van der Waals surface area contributed by atoms with E-state index in [9.17, 15) is 9.59 Å². The maximum absolute atomic E-state index is 12.1. The lowest BCUT2D eigenvalue weighted by atomic mass is 10.1. The third-order valence-electron chi connectivity index (χ3n) is 3.61. The van der Waals surface area contributed by atoms with Crippen molar-refractivity contribution >= 4 is 45.2 Å². The number of aryl methyl sites for hydroxylation is 3. The molecule has 8 heteroatoms. The SMILES string of the molecule is Cc1nc(SCC(=O)O[C@@H](C)C(=O)NC(C)(C)C)c2c(C)c(C)sc2n1. The van der Waals surface area contributed by atoms with E-state index in [0.717, 1.165) is 20.8 Å². The Bertz CT molecular complexity index is 840. The summed E-state index contributed by atoms with van der Waals surface area (Å²) in [4.78, 5) is 35.2. The van der Waals surface area contributed by atoms with E-state index in [2.05, 4.69) is 22.2 Å². The molecule has 2 aromatic rings. The van der Waals surface area contributed by atoms with Gasteiger partial charge in [-0.25, -0.2) is 9.97 Å². The van der Waals surface area contributed by atoms with Gasteiger partial charge in [-0.05, 0) is 54.0 Å². The minimum Gasteiger partial charge on any atom is -0.452 e. The molecule has 1 atom stereocenters. The van der Waals surface area contributed by atoms with Gasteiger partial charge in [0.2, 0.25) is 0 Å². The number of aromatic nitrogens is 2. The maximum Gasteiger partial charge on any atom is 0.317 e. The van der Waals surface area contributed by atoms with Crippen LogP contribution in [0.1, 0.15) is 44.0 Å². The number of carbonyl (C=O) groups is 2. The number of carbonyl (C=O) groups excluding carboxylic acids is 2. The molecule has 0 radical (unpaired) electrons. The molecule has 1 amide bonds. The third-order valence-corrected chi connectivity index (χ3v) is 5.66. The van der Waals surface area contributed by atoms with Gasteiger partial charge in [0, 0.05) is 15.8 Å². The van der Waals surface area contributed by atoms with E-state index in [-0.39, 0.29) is 17.2 Å². The van der Waals surface area contributed by atoms with Crippen molar-refractivity contribution in [3.63, 3.8) is 0 Å². The van der Waals surface area contributed by atoms with Crippen molar-refractivity contribution < 1.29 is 14.3 Å². The van der Waals surface area contributed by atoms with Crippen LogP contribution in [0.3, 0.4) is 0 Å². The highest BCUT2D eigenvalue weighted by Gasteiger charge is 2.23. The molecular weight excluding hydrogens is 370 g/mol. The van der Waals surface area contributed by atoms with Gasteiger partial charge in [0.25, 0.3) is 5.91 Å². The topological polar surface area (TPSA) is 81.2 Å². The molecule has 0 aliphatic rings. The van der Waals surface area contributed by atoms with Crippen LogP contribution < -0.4 is 5.32 Å². The van der Waals surface area contributed by atoms with Gasteiger partial charge in [-0.15, -0.1) is 11.3 Å². The zero-order valence-corrected chi connectivity index (χ0v) is 17.9. The number of rotatable bonds is 5. The van der Waals surface area contributed by atoms with Crippen molar-refractivity contribution in [3.05, 3.63) is 16.3 Å². The monoisotopic (exact) mass is 395 g/mol. The lowest BCUT2D eigenvalue weighted by Crippen LogP contribution is -2.46. The molecule has 0 aliphatic heterocycles. The standard InChI is InChI=1S/C18H25N3O3S2/c1-9-11(3)26-17-14(9)16(19-12(4)20-17)25-8-13(22)24-10(2)15(23)21-18(5,6)7/h10H,8H2,1-7H3,(H,21,23)/t10-/m0/s1. The van der Waals surface area contributed by atoms with E-state index in [0.29, 0.717) is 5.82 Å². The normalized spacial score (nSPS) is 12.9. The molecule has 2 heterocycles. The summed E-state index contributed by atoms with van der Waals surface area (Å²) in [5.41, 5.74) is 0.768. The average Bonchev–Trinajstić information content (AvgIpc) is 2.77. The largest absolute Gasteiger partial charge is 0.452 e. The molecule has 0 saturated carbocycles. The Morgan fingerprint density at radius 1 is 1.23 bits per heavy atom. The van der Waals surface area contributed by atoms with Gasteiger partial charge in [0.1, 0.15) is 15.7 Å². The highest BCUT2D eigenvalue weighted by atomic mass is 32.2. The first-order valence-electron chi connectivity index (χ1n) is 8.36. The fourth-order valence-electron chi connectivity index (χ4n) is 2.30. The number of ether oxygens (including phenoxy) is 1. The zero-order valence-electron chi connectivity index (χ0n) is 16.2. The van der Waals surface area contributed by atoms with Crippen LogP contribution in [0.4, 0.5) is 0 Å². The van der Waals surface area contributed by atoms with Crippen LogP contribution >= 0.6 is 23.1 Å². The second-order valence-electron chi connectivity index (χ2n) is 7.20. The molecular formula is C18H25N3O3S2. The summed E-state index contributed by atoms with van der Waals surface area (Å²) in [5.74, 6) is 0.0149. The second-order valence-corrected chi connectivity index (χ2v) is 9.37. The number of thiophene rings is 1. The van der Waals surface area contributed by atoms with E-state index in [1.807, 2.05) is 34.6 Å². The van der Waals surface area contributed by atoms with Crippen LogP contribution in [0, 0.1) is 20.8 Å². The Morgan fingerprint density at radius 3 is 2.50 bits per heavy atom. The smallest absolute Gasteiger partial charge is 0.317 e. The van der Waals surface area contributed by atoms with Gasteiger partial charge >= 0.3 is 5.97 Å². The van der Waals surface area contributed by atoms with E-state index in [1.54, 1.807) is 18.3 Å². The molecule has 0 unspecified atom stereocenters. The molecule has 142 valence electrons. The van der Waals surface area contributed by atoms with E-state index >= 15 is 0 Å². The summed E-state index contributed by atoms with van der Waals surface area (Å²) in [5, 5.41) is 4.57. The average molecular weight is 396 g/mol. The number of esters is 1. The fraction of sp³-hybridized carbons (Fsp3) is 0.556. The number of nitrogens with one attached hydrogen (secondary N) is 1. The molecule has 6 nitrogen and oxygen atoms in total. The Balaban J connectivity index is 2.04. The lowest BCUT2D eigenvalue weighted by molar-refractivity contribution is -0.152. The number of thioether (sulfide) groups is 1. The zero-order chi connectivity index (χ0) is 19.6. The lowest BCUT2D eigenvalue weighted by Gasteiger charge is -2.23. The molecule has 2 rings (SSSR count). The van der Waals surface area contributed by atoms with E-state index < -0.39 is 12.1 Å². The van der Waals surface area contributed by atoms with Gasteiger partial charge in [0.05, 0.1) is 5.75 Å². The summed E-state index contributed by atoms with van der Waals surface area (Å²) < 4.78 is 5.24. The Kier molecular flexibility index (Phi) is 6.29. The van der Waals surface area contributed by atoms with Crippen molar-refractivity contribution in [2.75, 3.05) is 5.75 Å². The predicted octanol–water partition coefficient (Wildman–Crippen LogP) is 3.56. The van der Waals surface area contributed by atoms with Gasteiger partial charge in [-0.2, -0.15) is 0 Å². The summed E-state index contributed by atoms with van der Waals surface area (Å²) in [6.07, 6.45) is -0.834. The Hall–Kier alpha value is -1.67. The highest BCUT2D eigenvalue weighted by Crippen LogP contribution is 2.35. The maximum atomic E-state index is 12.1. The van der Waals surface area contributed by atoms with E-state index in [1.165, 1.54) is 16.6 Å². The first-order valence-corrected chi connectivity index (χ1v) is 10.2. The number of nitrogens with zero attached hydrogens (tertiary/aromatic N) is 2. The Morgan fingerprint density at radius 2 is 1.88 bits per heavy atom. The molecule has 0 bridgehead atoms. The molecule has 26 heavy (non-hydrogen) atoms. The molecule has 1 N–H and O–H groups in total. The van der Waals surface area contributed by atoms with Gasteiger partial charge in [-0.3, -0.25) is 9.59 Å². The molecule has 0 fully saturated rings. The first-order chi connectivity index (χ1) is 12.0. The quantitative estimate of drug-likeness (QED) is 0.474. The van der Waals surface area contributed by atoms with Gasteiger partial charge in [0.15, 0.2) is 6.10 Å². The minimum absolute atomic E-state index is 0.0903. The van der Waals surface area contributed by atoms with Crippen LogP contribution in [-0.2, 0) is 14.3 Å². The van der Waals surface area contributed by atoms with Crippen molar-refractivity contribution in [1.82, 2.24) is 15.3 Å². The molecule has 0 aliphatic carbocycles. The number of fused-ring (bicyclic) bond motifs is 1. The van der Waals surface area contributed by atoms with Crippen LogP contribution in [0.25, 0.3) is 10.2 Å². The van der Waals surface area contributed by atoms with Crippen LogP contribution in [0.2, 0.25) is 0 Å². The fourth-order valence-corrected chi connectivity index (χ4v) is 4.35. The second kappa shape index (κ2) is 7.92. The molecule has 0 saturated heterocycles. The van der Waals surface area contributed by atoms with Crippen molar-refractivity contribution in [3.8, 4) is 0 Å². The van der Waals surface area contributed by atoms with Crippen molar-refractivity contribution in [2.24, 2.45) is 0 Å². The van der Waals surface area contributed by atoms with E-state index in [4.69, 9.17) is 4.74 Å². The van der Waals surface area contributed by atoms with Crippen LogP contribution in [0.15, 0.2) is 5.03 Å².